The fourth-order valence-electron chi connectivity index (χ4n) is 1.81. The number of benzene rings is 2. The van der Waals surface area contributed by atoms with Crippen molar-refractivity contribution in [2.24, 2.45) is 5.73 Å². The molecular weight excluding hydrogens is 377 g/mol. The van der Waals surface area contributed by atoms with Crippen molar-refractivity contribution in [1.29, 1.82) is 0 Å². The normalized spacial score (nSPS) is 12.4. The predicted octanol–water partition coefficient (Wildman–Crippen LogP) is 5.42. The van der Waals surface area contributed by atoms with Gasteiger partial charge in [-0.15, -0.1) is 11.8 Å². The lowest BCUT2D eigenvalue weighted by Gasteiger charge is -2.13. The summed E-state index contributed by atoms with van der Waals surface area (Å²) >= 11 is 17.4. The minimum absolute atomic E-state index is 0.0370. The topological polar surface area (TPSA) is 26.0 Å². The molecule has 0 amide bonds. The minimum Gasteiger partial charge on any atom is -0.327 e. The van der Waals surface area contributed by atoms with Gasteiger partial charge in [-0.2, -0.15) is 0 Å². The Morgan fingerprint density at radius 2 is 1.90 bits per heavy atom. The zero-order valence-corrected chi connectivity index (χ0v) is 14.6. The predicted molar refractivity (Wildman–Crippen MR) is 93.0 cm³/mol. The number of nitrogens with two attached hydrogens (primary N) is 1. The molecule has 0 fully saturated rings. The molecule has 0 saturated heterocycles. The van der Waals surface area contributed by atoms with Crippen molar-refractivity contribution in [3.8, 4) is 0 Å². The highest BCUT2D eigenvalue weighted by Crippen LogP contribution is 2.27. The number of hydrogen-bond acceptors (Lipinski definition) is 2. The molecule has 2 aromatic carbocycles. The first kappa shape index (κ1) is 16.2. The average Bonchev–Trinajstić information content (AvgIpc) is 2.42. The van der Waals surface area contributed by atoms with E-state index in [1.807, 2.05) is 24.3 Å². The van der Waals surface area contributed by atoms with Crippen LogP contribution in [0.3, 0.4) is 0 Å². The highest BCUT2D eigenvalue weighted by molar-refractivity contribution is 9.10. The fraction of sp³-hybridized carbons (Fsp3) is 0.200. The summed E-state index contributed by atoms with van der Waals surface area (Å²) in [5, 5.41) is 1.19. The van der Waals surface area contributed by atoms with Crippen LogP contribution in [-0.4, -0.2) is 11.8 Å². The van der Waals surface area contributed by atoms with E-state index in [0.717, 1.165) is 22.2 Å². The van der Waals surface area contributed by atoms with Crippen LogP contribution >= 0.6 is 50.9 Å². The van der Waals surface area contributed by atoms with Gasteiger partial charge in [0.25, 0.3) is 0 Å². The molecule has 20 heavy (non-hydrogen) atoms. The lowest BCUT2D eigenvalue weighted by atomic mass is 10.1. The standard InChI is InChI=1S/C15H14BrCl2NS/c16-11-4-2-5-13(8-11)20-9-12(19)7-10-3-1-6-14(17)15(10)18/h1-6,8,12H,7,9,19H2. The van der Waals surface area contributed by atoms with Crippen LogP contribution in [0.1, 0.15) is 5.56 Å². The Morgan fingerprint density at radius 3 is 2.65 bits per heavy atom. The van der Waals surface area contributed by atoms with Gasteiger partial charge in [0.15, 0.2) is 0 Å². The zero-order chi connectivity index (χ0) is 14.5. The van der Waals surface area contributed by atoms with E-state index < -0.39 is 0 Å². The monoisotopic (exact) mass is 389 g/mol. The molecule has 5 heteroatoms. The van der Waals surface area contributed by atoms with Crippen LogP contribution in [0.25, 0.3) is 0 Å². The summed E-state index contributed by atoms with van der Waals surface area (Å²) in [4.78, 5) is 1.20. The summed E-state index contributed by atoms with van der Waals surface area (Å²) in [5.41, 5.74) is 7.18. The first-order valence-corrected chi connectivity index (χ1v) is 8.66. The van der Waals surface area contributed by atoms with Gasteiger partial charge in [-0.3, -0.25) is 0 Å². The molecule has 2 N–H and O–H groups in total. The van der Waals surface area contributed by atoms with Crippen LogP contribution in [0.4, 0.5) is 0 Å². The van der Waals surface area contributed by atoms with Gasteiger partial charge >= 0.3 is 0 Å². The van der Waals surface area contributed by atoms with Crippen LogP contribution in [0, 0.1) is 0 Å². The number of hydrogen-bond donors (Lipinski definition) is 1. The van der Waals surface area contributed by atoms with E-state index in [1.165, 1.54) is 4.90 Å². The van der Waals surface area contributed by atoms with Crippen molar-refractivity contribution in [1.82, 2.24) is 0 Å². The van der Waals surface area contributed by atoms with Crippen LogP contribution < -0.4 is 5.73 Å². The largest absolute Gasteiger partial charge is 0.327 e. The third-order valence-corrected chi connectivity index (χ3v) is 5.31. The van der Waals surface area contributed by atoms with E-state index in [9.17, 15) is 0 Å². The lowest BCUT2D eigenvalue weighted by molar-refractivity contribution is 0.749. The van der Waals surface area contributed by atoms with E-state index in [4.69, 9.17) is 28.9 Å². The number of thioether (sulfide) groups is 1. The second kappa shape index (κ2) is 7.71. The molecule has 0 aliphatic heterocycles. The second-order valence-electron chi connectivity index (χ2n) is 4.45. The van der Waals surface area contributed by atoms with Gasteiger partial charge in [-0.25, -0.2) is 0 Å². The first-order valence-electron chi connectivity index (χ1n) is 6.13. The third kappa shape index (κ3) is 4.68. The molecular formula is C15H14BrCl2NS. The van der Waals surface area contributed by atoms with Crippen LogP contribution in [0.2, 0.25) is 10.0 Å². The summed E-state index contributed by atoms with van der Waals surface area (Å²) in [6.07, 6.45) is 0.723. The number of rotatable bonds is 5. The SMILES string of the molecule is NC(CSc1cccc(Br)c1)Cc1cccc(Cl)c1Cl. The van der Waals surface area contributed by atoms with Gasteiger partial charge < -0.3 is 5.73 Å². The maximum atomic E-state index is 6.18. The molecule has 2 aromatic rings. The lowest BCUT2D eigenvalue weighted by Crippen LogP contribution is -2.25. The molecule has 1 atom stereocenters. The molecule has 1 unspecified atom stereocenters. The van der Waals surface area contributed by atoms with Crippen LogP contribution in [0.15, 0.2) is 51.8 Å². The highest BCUT2D eigenvalue weighted by Gasteiger charge is 2.10. The maximum Gasteiger partial charge on any atom is 0.0624 e. The summed E-state index contributed by atoms with van der Waals surface area (Å²) in [6, 6.07) is 13.9. The second-order valence-corrected chi connectivity index (χ2v) is 7.24. The van der Waals surface area contributed by atoms with Crippen LogP contribution in [0.5, 0.6) is 0 Å². The van der Waals surface area contributed by atoms with E-state index in [1.54, 1.807) is 17.8 Å². The Hall–Kier alpha value is -0.190. The Bertz CT molecular complexity index is 592. The molecule has 0 aromatic heterocycles. The molecule has 106 valence electrons. The van der Waals surface area contributed by atoms with Gasteiger partial charge in [0.2, 0.25) is 0 Å². The minimum atomic E-state index is 0.0370. The molecule has 0 aliphatic carbocycles. The zero-order valence-electron chi connectivity index (χ0n) is 10.7. The molecule has 0 saturated carbocycles. The van der Waals surface area contributed by atoms with E-state index in [0.29, 0.717) is 10.0 Å². The maximum absolute atomic E-state index is 6.18. The molecule has 0 radical (unpaired) electrons. The Kier molecular flexibility index (Phi) is 6.24. The Balaban J connectivity index is 1.92. The summed E-state index contributed by atoms with van der Waals surface area (Å²) < 4.78 is 1.08. The van der Waals surface area contributed by atoms with E-state index in [2.05, 4.69) is 28.1 Å². The van der Waals surface area contributed by atoms with Crippen molar-refractivity contribution in [3.63, 3.8) is 0 Å². The molecule has 0 spiro atoms. The van der Waals surface area contributed by atoms with Gasteiger partial charge in [0, 0.05) is 21.2 Å². The molecule has 2 rings (SSSR count). The Labute approximate surface area is 142 Å². The van der Waals surface area contributed by atoms with Crippen LogP contribution in [-0.2, 0) is 6.42 Å². The third-order valence-electron chi connectivity index (χ3n) is 2.77. The number of halogens is 3. The van der Waals surface area contributed by atoms with E-state index >= 15 is 0 Å². The van der Waals surface area contributed by atoms with Crippen molar-refractivity contribution >= 4 is 50.9 Å². The fourth-order valence-corrected chi connectivity index (χ4v) is 3.67. The van der Waals surface area contributed by atoms with Gasteiger partial charge in [0.05, 0.1) is 10.0 Å². The first-order chi connectivity index (χ1) is 9.56. The van der Waals surface area contributed by atoms with Gasteiger partial charge in [-0.05, 0) is 36.2 Å². The highest BCUT2D eigenvalue weighted by atomic mass is 79.9. The summed E-state index contributed by atoms with van der Waals surface area (Å²) in [6.45, 7) is 0. The van der Waals surface area contributed by atoms with Gasteiger partial charge in [-0.1, -0.05) is 57.3 Å². The van der Waals surface area contributed by atoms with Crippen molar-refractivity contribution in [2.75, 3.05) is 5.75 Å². The van der Waals surface area contributed by atoms with Crippen molar-refractivity contribution < 1.29 is 0 Å². The Morgan fingerprint density at radius 1 is 1.15 bits per heavy atom. The van der Waals surface area contributed by atoms with Crippen molar-refractivity contribution in [2.45, 2.75) is 17.4 Å². The molecule has 0 bridgehead atoms. The van der Waals surface area contributed by atoms with Gasteiger partial charge in [0.1, 0.15) is 0 Å². The van der Waals surface area contributed by atoms with Crippen molar-refractivity contribution in [3.05, 3.63) is 62.5 Å². The molecule has 0 heterocycles. The molecule has 1 nitrogen and oxygen atoms in total. The summed E-state index contributed by atoms with van der Waals surface area (Å²) in [7, 11) is 0. The average molecular weight is 391 g/mol. The smallest absolute Gasteiger partial charge is 0.0624 e. The summed E-state index contributed by atoms with van der Waals surface area (Å²) in [5.74, 6) is 0.833. The quantitative estimate of drug-likeness (QED) is 0.690. The van der Waals surface area contributed by atoms with E-state index in [-0.39, 0.29) is 6.04 Å². The molecule has 0 aliphatic rings.